The van der Waals surface area contributed by atoms with Gasteiger partial charge in [0.1, 0.15) is 5.69 Å². The number of hydrogen-bond donors (Lipinski definition) is 0. The minimum Gasteiger partial charge on any atom is -0.455 e. The van der Waals surface area contributed by atoms with Crippen LogP contribution in [0.1, 0.15) is 5.69 Å². The Kier molecular flexibility index (Phi) is 5.14. The largest absolute Gasteiger partial charge is 0.455 e. The quantitative estimate of drug-likeness (QED) is 0.605. The van der Waals surface area contributed by atoms with Crippen LogP contribution in [-0.4, -0.2) is 64.7 Å². The van der Waals surface area contributed by atoms with Crippen molar-refractivity contribution < 1.29 is 18.8 Å². The van der Waals surface area contributed by atoms with Gasteiger partial charge < -0.3 is 19.1 Å². The standard InChI is InChI=1S/C19H19N5O4/c25-17(23-8-10-24(11-9-23)19-20-6-3-7-21-19)13-27-18(26)12-15-14-4-1-2-5-16(14)28-22-15/h1-7H,8-13H2. The van der Waals surface area contributed by atoms with Crippen LogP contribution in [0.2, 0.25) is 0 Å². The summed E-state index contributed by atoms with van der Waals surface area (Å²) in [6, 6.07) is 9.05. The fourth-order valence-corrected chi connectivity index (χ4v) is 3.10. The summed E-state index contributed by atoms with van der Waals surface area (Å²) in [4.78, 5) is 36.5. The molecule has 28 heavy (non-hydrogen) atoms. The summed E-state index contributed by atoms with van der Waals surface area (Å²) >= 11 is 0. The SMILES string of the molecule is O=C(Cc1noc2ccccc12)OCC(=O)N1CCN(c2ncccn2)CC1. The number of para-hydroxylation sites is 1. The minimum atomic E-state index is -0.510. The monoisotopic (exact) mass is 381 g/mol. The average molecular weight is 381 g/mol. The summed E-state index contributed by atoms with van der Waals surface area (Å²) in [5.74, 6) is -0.0726. The van der Waals surface area contributed by atoms with Gasteiger partial charge in [0, 0.05) is 44.0 Å². The van der Waals surface area contributed by atoms with Gasteiger partial charge in [0.25, 0.3) is 5.91 Å². The molecule has 3 heterocycles. The molecule has 1 saturated heterocycles. The number of nitrogens with zero attached hydrogens (tertiary/aromatic N) is 5. The summed E-state index contributed by atoms with van der Waals surface area (Å²) in [5, 5.41) is 4.67. The molecule has 1 aromatic carbocycles. The molecular formula is C19H19N5O4. The van der Waals surface area contributed by atoms with Crippen molar-refractivity contribution in [3.63, 3.8) is 0 Å². The summed E-state index contributed by atoms with van der Waals surface area (Å²) in [5.41, 5.74) is 1.12. The van der Waals surface area contributed by atoms with Crippen molar-refractivity contribution in [2.45, 2.75) is 6.42 Å². The molecule has 9 nitrogen and oxygen atoms in total. The average Bonchev–Trinajstić information content (AvgIpc) is 3.15. The molecule has 4 rings (SSSR count). The van der Waals surface area contributed by atoms with E-state index in [4.69, 9.17) is 9.26 Å². The number of aromatic nitrogens is 3. The normalized spacial score (nSPS) is 14.3. The molecule has 144 valence electrons. The number of anilines is 1. The maximum atomic E-state index is 12.3. The predicted octanol–water partition coefficient (Wildman–Crippen LogP) is 1.05. The molecule has 1 aliphatic heterocycles. The first-order valence-electron chi connectivity index (χ1n) is 8.99. The number of piperazine rings is 1. The van der Waals surface area contributed by atoms with E-state index >= 15 is 0 Å². The van der Waals surface area contributed by atoms with Gasteiger partial charge in [-0.05, 0) is 18.2 Å². The summed E-state index contributed by atoms with van der Waals surface area (Å²) < 4.78 is 10.3. The van der Waals surface area contributed by atoms with Crippen LogP contribution in [0, 0.1) is 0 Å². The molecule has 0 unspecified atom stereocenters. The number of carbonyl (C=O) groups excluding carboxylic acids is 2. The zero-order valence-electron chi connectivity index (χ0n) is 15.2. The Morgan fingerprint density at radius 2 is 1.79 bits per heavy atom. The highest BCUT2D eigenvalue weighted by molar-refractivity contribution is 5.85. The van der Waals surface area contributed by atoms with Gasteiger partial charge in [-0.2, -0.15) is 0 Å². The van der Waals surface area contributed by atoms with E-state index in [0.717, 1.165) is 5.39 Å². The Bertz CT molecular complexity index is 967. The first kappa shape index (κ1) is 17.9. The fourth-order valence-electron chi connectivity index (χ4n) is 3.10. The Morgan fingerprint density at radius 1 is 1.04 bits per heavy atom. The highest BCUT2D eigenvalue weighted by Crippen LogP contribution is 2.18. The van der Waals surface area contributed by atoms with Gasteiger partial charge in [-0.1, -0.05) is 17.3 Å². The maximum absolute atomic E-state index is 12.3. The molecule has 9 heteroatoms. The van der Waals surface area contributed by atoms with Crippen LogP contribution in [0.15, 0.2) is 47.2 Å². The minimum absolute atomic E-state index is 0.0383. The zero-order chi connectivity index (χ0) is 19.3. The maximum Gasteiger partial charge on any atom is 0.312 e. The number of benzene rings is 1. The molecule has 0 radical (unpaired) electrons. The van der Waals surface area contributed by atoms with Crippen molar-refractivity contribution in [1.82, 2.24) is 20.0 Å². The van der Waals surface area contributed by atoms with Gasteiger partial charge in [-0.25, -0.2) is 9.97 Å². The van der Waals surface area contributed by atoms with Crippen molar-refractivity contribution in [3.05, 3.63) is 48.4 Å². The second-order valence-corrected chi connectivity index (χ2v) is 6.38. The Hall–Kier alpha value is -3.49. The molecule has 1 amide bonds. The van der Waals surface area contributed by atoms with E-state index in [1.807, 2.05) is 23.1 Å². The van der Waals surface area contributed by atoms with Crippen molar-refractivity contribution in [2.75, 3.05) is 37.7 Å². The van der Waals surface area contributed by atoms with E-state index in [0.29, 0.717) is 43.4 Å². The third-order valence-electron chi connectivity index (χ3n) is 4.59. The van der Waals surface area contributed by atoms with Gasteiger partial charge in [0.15, 0.2) is 12.2 Å². The number of rotatable bonds is 5. The molecule has 3 aromatic rings. The second kappa shape index (κ2) is 8.03. The number of hydrogen-bond acceptors (Lipinski definition) is 8. The van der Waals surface area contributed by atoms with Gasteiger partial charge in [-0.15, -0.1) is 0 Å². The first-order valence-corrected chi connectivity index (χ1v) is 8.99. The lowest BCUT2D eigenvalue weighted by Gasteiger charge is -2.34. The van der Waals surface area contributed by atoms with Crippen molar-refractivity contribution >= 4 is 28.8 Å². The van der Waals surface area contributed by atoms with E-state index in [1.54, 1.807) is 29.4 Å². The number of esters is 1. The van der Waals surface area contributed by atoms with Crippen LogP contribution in [0.3, 0.4) is 0 Å². The molecule has 0 saturated carbocycles. The van der Waals surface area contributed by atoms with E-state index in [-0.39, 0.29) is 18.9 Å². The van der Waals surface area contributed by atoms with Crippen LogP contribution in [-0.2, 0) is 20.7 Å². The number of carbonyl (C=O) groups is 2. The molecule has 0 atom stereocenters. The van der Waals surface area contributed by atoms with E-state index in [1.165, 1.54) is 0 Å². The molecule has 0 bridgehead atoms. The third-order valence-corrected chi connectivity index (χ3v) is 4.59. The van der Waals surface area contributed by atoms with Gasteiger partial charge in [-0.3, -0.25) is 9.59 Å². The first-order chi connectivity index (χ1) is 13.7. The molecule has 0 spiro atoms. The van der Waals surface area contributed by atoms with Gasteiger partial charge in [0.2, 0.25) is 5.95 Å². The van der Waals surface area contributed by atoms with Gasteiger partial charge in [0.05, 0.1) is 6.42 Å². The highest BCUT2D eigenvalue weighted by atomic mass is 16.5. The highest BCUT2D eigenvalue weighted by Gasteiger charge is 2.23. The van der Waals surface area contributed by atoms with E-state index in [9.17, 15) is 9.59 Å². The Labute approximate surface area is 160 Å². The van der Waals surface area contributed by atoms with Gasteiger partial charge >= 0.3 is 5.97 Å². The van der Waals surface area contributed by atoms with E-state index < -0.39 is 5.97 Å². The van der Waals surface area contributed by atoms with Crippen molar-refractivity contribution in [3.8, 4) is 0 Å². The Balaban J connectivity index is 1.25. The lowest BCUT2D eigenvalue weighted by Crippen LogP contribution is -2.50. The van der Waals surface area contributed by atoms with Crippen molar-refractivity contribution in [1.29, 1.82) is 0 Å². The molecule has 0 N–H and O–H groups in total. The topological polar surface area (TPSA) is 102 Å². The predicted molar refractivity (Wildman–Crippen MR) is 99.5 cm³/mol. The van der Waals surface area contributed by atoms with Crippen molar-refractivity contribution in [2.24, 2.45) is 0 Å². The lowest BCUT2D eigenvalue weighted by atomic mass is 10.2. The molecule has 0 aliphatic carbocycles. The molecular weight excluding hydrogens is 362 g/mol. The fraction of sp³-hybridized carbons (Fsp3) is 0.316. The smallest absolute Gasteiger partial charge is 0.312 e. The number of fused-ring (bicyclic) bond motifs is 1. The zero-order valence-corrected chi connectivity index (χ0v) is 15.2. The third kappa shape index (κ3) is 3.93. The van der Waals surface area contributed by atoms with Crippen LogP contribution in [0.5, 0.6) is 0 Å². The number of amides is 1. The summed E-state index contributed by atoms with van der Waals surface area (Å²) in [7, 11) is 0. The van der Waals surface area contributed by atoms with Crippen LogP contribution in [0.4, 0.5) is 5.95 Å². The Morgan fingerprint density at radius 3 is 2.57 bits per heavy atom. The van der Waals surface area contributed by atoms with Crippen LogP contribution in [0.25, 0.3) is 11.0 Å². The number of ether oxygens (including phenoxy) is 1. The molecule has 1 fully saturated rings. The molecule has 2 aromatic heterocycles. The lowest BCUT2D eigenvalue weighted by molar-refractivity contribution is -0.151. The van der Waals surface area contributed by atoms with Crippen LogP contribution < -0.4 is 4.90 Å². The van der Waals surface area contributed by atoms with Crippen LogP contribution >= 0.6 is 0 Å². The second-order valence-electron chi connectivity index (χ2n) is 6.38. The summed E-state index contributed by atoms with van der Waals surface area (Å²) in [6.07, 6.45) is 3.35. The van der Waals surface area contributed by atoms with E-state index in [2.05, 4.69) is 15.1 Å². The molecule has 1 aliphatic rings. The summed E-state index contributed by atoms with van der Waals surface area (Å²) in [6.45, 7) is 2.05.